The first-order valence-electron chi connectivity index (χ1n) is 8.25. The lowest BCUT2D eigenvalue weighted by molar-refractivity contribution is -0.122. The Labute approximate surface area is 133 Å². The molecule has 122 valence electrons. The third kappa shape index (κ3) is 5.02. The van der Waals surface area contributed by atoms with E-state index in [0.29, 0.717) is 18.5 Å². The van der Waals surface area contributed by atoms with Crippen molar-refractivity contribution in [1.82, 2.24) is 10.2 Å². The molecule has 4 heteroatoms. The number of amides is 1. The number of hydrogen-bond donors (Lipinski definition) is 1. The van der Waals surface area contributed by atoms with Crippen molar-refractivity contribution in [3.63, 3.8) is 0 Å². The Bertz CT molecular complexity index is 480. The molecular weight excluding hydrogens is 276 g/mol. The van der Waals surface area contributed by atoms with Gasteiger partial charge >= 0.3 is 0 Å². The van der Waals surface area contributed by atoms with Crippen LogP contribution in [0.4, 0.5) is 0 Å². The summed E-state index contributed by atoms with van der Waals surface area (Å²) in [5.74, 6) is 1.00. The van der Waals surface area contributed by atoms with Crippen LogP contribution in [0.3, 0.4) is 0 Å². The largest absolute Gasteiger partial charge is 0.497 e. The van der Waals surface area contributed by atoms with Crippen LogP contribution in [0.25, 0.3) is 0 Å². The third-order valence-corrected chi connectivity index (χ3v) is 4.40. The summed E-state index contributed by atoms with van der Waals surface area (Å²) in [7, 11) is 1.66. The van der Waals surface area contributed by atoms with Crippen molar-refractivity contribution >= 4 is 5.91 Å². The summed E-state index contributed by atoms with van der Waals surface area (Å²) in [6.07, 6.45) is 3.41. The first-order chi connectivity index (χ1) is 10.6. The van der Waals surface area contributed by atoms with E-state index in [-0.39, 0.29) is 5.91 Å². The fourth-order valence-corrected chi connectivity index (χ4v) is 2.95. The van der Waals surface area contributed by atoms with Gasteiger partial charge in [0, 0.05) is 31.6 Å². The van der Waals surface area contributed by atoms with Crippen LogP contribution < -0.4 is 10.1 Å². The number of benzene rings is 1. The van der Waals surface area contributed by atoms with Crippen LogP contribution >= 0.6 is 0 Å². The van der Waals surface area contributed by atoms with E-state index in [1.807, 2.05) is 24.3 Å². The van der Waals surface area contributed by atoms with Crippen molar-refractivity contribution in [2.45, 2.75) is 51.6 Å². The maximum atomic E-state index is 12.1. The van der Waals surface area contributed by atoms with Crippen LogP contribution in [0.5, 0.6) is 5.75 Å². The topological polar surface area (TPSA) is 41.6 Å². The number of ether oxygens (including phenoxy) is 1. The Kier molecular flexibility index (Phi) is 6.25. The average Bonchev–Trinajstić information content (AvgIpc) is 2.53. The minimum Gasteiger partial charge on any atom is -0.497 e. The van der Waals surface area contributed by atoms with Gasteiger partial charge in [0.25, 0.3) is 0 Å². The van der Waals surface area contributed by atoms with Crippen LogP contribution in [0.2, 0.25) is 0 Å². The second kappa shape index (κ2) is 8.18. The highest BCUT2D eigenvalue weighted by Gasteiger charge is 2.21. The van der Waals surface area contributed by atoms with Crippen LogP contribution in [0.1, 0.15) is 38.7 Å². The SMILES string of the molecule is COc1cccc(CCC(=O)NC2CCN(C(C)C)CC2)c1. The molecule has 1 amide bonds. The second-order valence-electron chi connectivity index (χ2n) is 6.32. The van der Waals surface area contributed by atoms with Gasteiger partial charge < -0.3 is 15.0 Å². The molecule has 1 saturated heterocycles. The normalized spacial score (nSPS) is 16.7. The van der Waals surface area contributed by atoms with E-state index in [4.69, 9.17) is 4.74 Å². The van der Waals surface area contributed by atoms with Crippen molar-refractivity contribution in [1.29, 1.82) is 0 Å². The molecular formula is C18H28N2O2. The summed E-state index contributed by atoms with van der Waals surface area (Å²) >= 11 is 0. The molecule has 0 unspecified atom stereocenters. The molecule has 1 aliphatic heterocycles. The molecule has 22 heavy (non-hydrogen) atoms. The Balaban J connectivity index is 1.72. The monoisotopic (exact) mass is 304 g/mol. The zero-order chi connectivity index (χ0) is 15.9. The fourth-order valence-electron chi connectivity index (χ4n) is 2.95. The van der Waals surface area contributed by atoms with Gasteiger partial charge in [0.2, 0.25) is 5.91 Å². The molecule has 1 heterocycles. The molecule has 0 spiro atoms. The highest BCUT2D eigenvalue weighted by atomic mass is 16.5. The van der Waals surface area contributed by atoms with E-state index in [1.165, 1.54) is 0 Å². The number of aryl methyl sites for hydroxylation is 1. The van der Waals surface area contributed by atoms with Crippen molar-refractivity contribution < 1.29 is 9.53 Å². The minimum atomic E-state index is 0.158. The predicted molar refractivity (Wildman–Crippen MR) is 89.2 cm³/mol. The van der Waals surface area contributed by atoms with Crippen LogP contribution in [0.15, 0.2) is 24.3 Å². The molecule has 1 fully saturated rings. The number of rotatable bonds is 6. The van der Waals surface area contributed by atoms with Gasteiger partial charge in [-0.2, -0.15) is 0 Å². The number of carbonyl (C=O) groups is 1. The maximum Gasteiger partial charge on any atom is 0.220 e. The van der Waals surface area contributed by atoms with Crippen molar-refractivity contribution in [2.24, 2.45) is 0 Å². The van der Waals surface area contributed by atoms with Gasteiger partial charge in [-0.15, -0.1) is 0 Å². The fraction of sp³-hybridized carbons (Fsp3) is 0.611. The standard InChI is InChI=1S/C18H28N2O2/c1-14(2)20-11-9-16(10-12-20)19-18(21)8-7-15-5-4-6-17(13-15)22-3/h4-6,13-14,16H,7-12H2,1-3H3,(H,19,21). The molecule has 2 rings (SSSR count). The number of carbonyl (C=O) groups excluding carboxylic acids is 1. The van der Waals surface area contributed by atoms with E-state index in [2.05, 4.69) is 24.1 Å². The summed E-state index contributed by atoms with van der Waals surface area (Å²) in [4.78, 5) is 14.6. The lowest BCUT2D eigenvalue weighted by atomic mass is 10.0. The number of likely N-dealkylation sites (tertiary alicyclic amines) is 1. The molecule has 0 aromatic heterocycles. The van der Waals surface area contributed by atoms with Crippen LogP contribution in [-0.2, 0) is 11.2 Å². The molecule has 1 N–H and O–H groups in total. The first kappa shape index (κ1) is 16.8. The Morgan fingerprint density at radius 2 is 2.09 bits per heavy atom. The molecule has 0 aliphatic carbocycles. The summed E-state index contributed by atoms with van der Waals surface area (Å²) in [5.41, 5.74) is 1.14. The Hall–Kier alpha value is -1.55. The third-order valence-electron chi connectivity index (χ3n) is 4.40. The van der Waals surface area contributed by atoms with Gasteiger partial charge in [0.1, 0.15) is 5.75 Å². The highest BCUT2D eigenvalue weighted by Crippen LogP contribution is 2.15. The van der Waals surface area contributed by atoms with Gasteiger partial charge in [-0.1, -0.05) is 12.1 Å². The van der Waals surface area contributed by atoms with Crippen LogP contribution in [-0.4, -0.2) is 43.1 Å². The Morgan fingerprint density at radius 3 is 2.73 bits per heavy atom. The van der Waals surface area contributed by atoms with Crippen molar-refractivity contribution in [3.05, 3.63) is 29.8 Å². The summed E-state index contributed by atoms with van der Waals surface area (Å²) in [6, 6.07) is 8.86. The Morgan fingerprint density at radius 1 is 1.36 bits per heavy atom. The summed E-state index contributed by atoms with van der Waals surface area (Å²) in [6.45, 7) is 6.62. The van der Waals surface area contributed by atoms with Crippen molar-refractivity contribution in [3.8, 4) is 5.75 Å². The van der Waals surface area contributed by atoms with Gasteiger partial charge in [-0.25, -0.2) is 0 Å². The molecule has 0 atom stereocenters. The number of hydrogen-bond acceptors (Lipinski definition) is 3. The predicted octanol–water partition coefficient (Wildman–Crippen LogP) is 2.62. The number of methoxy groups -OCH3 is 1. The molecule has 0 bridgehead atoms. The summed E-state index contributed by atoms with van der Waals surface area (Å²) < 4.78 is 5.21. The van der Waals surface area contributed by atoms with Crippen molar-refractivity contribution in [2.75, 3.05) is 20.2 Å². The lowest BCUT2D eigenvalue weighted by Crippen LogP contribution is -2.46. The minimum absolute atomic E-state index is 0.158. The smallest absolute Gasteiger partial charge is 0.220 e. The highest BCUT2D eigenvalue weighted by molar-refractivity contribution is 5.76. The summed E-state index contributed by atoms with van der Waals surface area (Å²) in [5, 5.41) is 3.18. The molecule has 0 saturated carbocycles. The molecule has 0 radical (unpaired) electrons. The second-order valence-corrected chi connectivity index (χ2v) is 6.32. The van der Waals surface area contributed by atoms with Crippen LogP contribution in [0, 0.1) is 0 Å². The van der Waals surface area contributed by atoms with Gasteiger partial charge in [-0.05, 0) is 50.8 Å². The van der Waals surface area contributed by atoms with Gasteiger partial charge in [0.15, 0.2) is 0 Å². The van der Waals surface area contributed by atoms with E-state index in [1.54, 1.807) is 7.11 Å². The van der Waals surface area contributed by atoms with E-state index >= 15 is 0 Å². The van der Waals surface area contributed by atoms with E-state index in [0.717, 1.165) is 43.7 Å². The molecule has 1 aromatic rings. The zero-order valence-corrected chi connectivity index (χ0v) is 14.0. The van der Waals surface area contributed by atoms with E-state index in [9.17, 15) is 4.79 Å². The quantitative estimate of drug-likeness (QED) is 0.878. The number of nitrogens with one attached hydrogen (secondary N) is 1. The van der Waals surface area contributed by atoms with E-state index < -0.39 is 0 Å². The molecule has 1 aromatic carbocycles. The molecule has 1 aliphatic rings. The maximum absolute atomic E-state index is 12.1. The lowest BCUT2D eigenvalue weighted by Gasteiger charge is -2.34. The first-order valence-corrected chi connectivity index (χ1v) is 8.25. The zero-order valence-electron chi connectivity index (χ0n) is 14.0. The van der Waals surface area contributed by atoms with Gasteiger partial charge in [0.05, 0.1) is 7.11 Å². The molecule has 4 nitrogen and oxygen atoms in total. The average molecular weight is 304 g/mol. The number of nitrogens with zero attached hydrogens (tertiary/aromatic N) is 1. The van der Waals surface area contributed by atoms with Gasteiger partial charge in [-0.3, -0.25) is 4.79 Å². The number of piperidine rings is 1.